The summed E-state index contributed by atoms with van der Waals surface area (Å²) in [6.45, 7) is 7.78. The van der Waals surface area contributed by atoms with Crippen LogP contribution in [-0.4, -0.2) is 21.5 Å². The molecule has 1 aliphatic heterocycles. The summed E-state index contributed by atoms with van der Waals surface area (Å²) in [6.07, 6.45) is 4.90. The summed E-state index contributed by atoms with van der Waals surface area (Å²) >= 11 is 1.74. The van der Waals surface area contributed by atoms with Gasteiger partial charge in [0.25, 0.3) is 0 Å². The number of fused-ring (bicyclic) bond motifs is 1. The highest BCUT2D eigenvalue weighted by atomic mass is 32.1. The standard InChI is InChI=1S/C14H21N3S/c1-4-14(6-5-7-15-14)8-12-11(3)16-13-17(12)10(2)9-18-13/h9,15H,4-8H2,1-3H3. The zero-order valence-electron chi connectivity index (χ0n) is 11.4. The first-order valence-electron chi connectivity index (χ1n) is 6.82. The van der Waals surface area contributed by atoms with Crippen molar-refractivity contribution in [1.82, 2.24) is 14.7 Å². The molecule has 1 unspecified atom stereocenters. The molecule has 3 rings (SSSR count). The van der Waals surface area contributed by atoms with Crippen LogP contribution in [0, 0.1) is 13.8 Å². The third-order valence-corrected chi connectivity index (χ3v) is 5.29. The van der Waals surface area contributed by atoms with Crippen molar-refractivity contribution in [2.24, 2.45) is 0 Å². The van der Waals surface area contributed by atoms with E-state index in [1.54, 1.807) is 11.3 Å². The molecule has 3 heterocycles. The van der Waals surface area contributed by atoms with Gasteiger partial charge in [-0.3, -0.25) is 4.40 Å². The summed E-state index contributed by atoms with van der Waals surface area (Å²) in [5, 5.41) is 5.92. The highest BCUT2D eigenvalue weighted by Crippen LogP contribution is 2.30. The van der Waals surface area contributed by atoms with E-state index in [1.807, 2.05) is 0 Å². The predicted molar refractivity (Wildman–Crippen MR) is 76.5 cm³/mol. The van der Waals surface area contributed by atoms with Crippen molar-refractivity contribution in [2.75, 3.05) is 6.54 Å². The van der Waals surface area contributed by atoms with E-state index in [0.29, 0.717) is 5.54 Å². The van der Waals surface area contributed by atoms with Crippen LogP contribution in [-0.2, 0) is 6.42 Å². The number of thiazole rings is 1. The summed E-state index contributed by atoms with van der Waals surface area (Å²) in [5.41, 5.74) is 4.22. The van der Waals surface area contributed by atoms with E-state index >= 15 is 0 Å². The van der Waals surface area contributed by atoms with E-state index in [1.165, 1.54) is 36.3 Å². The van der Waals surface area contributed by atoms with Crippen LogP contribution in [0.2, 0.25) is 0 Å². The molecule has 1 fully saturated rings. The Bertz CT molecular complexity index is 561. The van der Waals surface area contributed by atoms with E-state index in [0.717, 1.165) is 17.9 Å². The van der Waals surface area contributed by atoms with Gasteiger partial charge >= 0.3 is 0 Å². The van der Waals surface area contributed by atoms with Gasteiger partial charge in [-0.1, -0.05) is 6.92 Å². The number of aryl methyl sites for hydroxylation is 2. The lowest BCUT2D eigenvalue weighted by atomic mass is 9.88. The van der Waals surface area contributed by atoms with E-state index in [9.17, 15) is 0 Å². The minimum atomic E-state index is 0.301. The summed E-state index contributed by atoms with van der Waals surface area (Å²) in [7, 11) is 0. The molecule has 1 N–H and O–H groups in total. The Morgan fingerprint density at radius 3 is 3.00 bits per heavy atom. The second kappa shape index (κ2) is 4.35. The summed E-state index contributed by atoms with van der Waals surface area (Å²) < 4.78 is 2.34. The minimum absolute atomic E-state index is 0.301. The van der Waals surface area contributed by atoms with Gasteiger partial charge in [-0.05, 0) is 39.7 Å². The first-order valence-corrected chi connectivity index (χ1v) is 7.70. The molecule has 98 valence electrons. The van der Waals surface area contributed by atoms with Crippen molar-refractivity contribution >= 4 is 16.3 Å². The fourth-order valence-electron chi connectivity index (χ4n) is 3.14. The van der Waals surface area contributed by atoms with Crippen molar-refractivity contribution < 1.29 is 0 Å². The van der Waals surface area contributed by atoms with Gasteiger partial charge in [-0.25, -0.2) is 4.98 Å². The maximum atomic E-state index is 4.70. The average molecular weight is 263 g/mol. The van der Waals surface area contributed by atoms with Crippen LogP contribution in [0.15, 0.2) is 5.38 Å². The average Bonchev–Trinajstić information content (AvgIpc) is 3.02. The Kier molecular flexibility index (Phi) is 2.94. The maximum absolute atomic E-state index is 4.70. The summed E-state index contributed by atoms with van der Waals surface area (Å²) in [5.74, 6) is 0. The highest BCUT2D eigenvalue weighted by molar-refractivity contribution is 7.15. The molecule has 2 aromatic rings. The number of hydrogen-bond donors (Lipinski definition) is 1. The van der Waals surface area contributed by atoms with Gasteiger partial charge < -0.3 is 5.32 Å². The van der Waals surface area contributed by atoms with Crippen molar-refractivity contribution in [3.63, 3.8) is 0 Å². The van der Waals surface area contributed by atoms with Crippen LogP contribution in [0.1, 0.15) is 43.3 Å². The lowest BCUT2D eigenvalue weighted by molar-refractivity contribution is 0.355. The lowest BCUT2D eigenvalue weighted by Gasteiger charge is -2.28. The monoisotopic (exact) mass is 263 g/mol. The molecule has 0 saturated carbocycles. The molecule has 1 atom stereocenters. The molecule has 0 spiro atoms. The third-order valence-electron chi connectivity index (χ3n) is 4.34. The van der Waals surface area contributed by atoms with Gasteiger partial charge in [0, 0.05) is 28.7 Å². The number of hydrogen-bond acceptors (Lipinski definition) is 3. The van der Waals surface area contributed by atoms with Gasteiger partial charge in [0.15, 0.2) is 4.96 Å². The van der Waals surface area contributed by atoms with Crippen molar-refractivity contribution in [3.8, 4) is 0 Å². The van der Waals surface area contributed by atoms with E-state index in [2.05, 4.69) is 35.9 Å². The first-order chi connectivity index (χ1) is 8.65. The highest BCUT2D eigenvalue weighted by Gasteiger charge is 2.33. The fraction of sp³-hybridized carbons (Fsp3) is 0.643. The van der Waals surface area contributed by atoms with Gasteiger partial charge in [0.05, 0.1) is 5.69 Å². The predicted octanol–water partition coefficient (Wildman–Crippen LogP) is 3.09. The van der Waals surface area contributed by atoms with Gasteiger partial charge in [0.1, 0.15) is 0 Å². The number of nitrogens with one attached hydrogen (secondary N) is 1. The van der Waals surface area contributed by atoms with Gasteiger partial charge in [-0.2, -0.15) is 0 Å². The third kappa shape index (κ3) is 1.79. The van der Waals surface area contributed by atoms with Crippen LogP contribution in [0.3, 0.4) is 0 Å². The Hall–Kier alpha value is -0.870. The second-order valence-corrected chi connectivity index (χ2v) is 6.32. The normalized spacial score (nSPS) is 24.2. The smallest absolute Gasteiger partial charge is 0.194 e. The first kappa shape index (κ1) is 12.2. The van der Waals surface area contributed by atoms with Crippen LogP contribution in [0.4, 0.5) is 0 Å². The molecule has 4 heteroatoms. The van der Waals surface area contributed by atoms with Crippen molar-refractivity contribution in [3.05, 3.63) is 22.5 Å². The van der Waals surface area contributed by atoms with Crippen LogP contribution >= 0.6 is 11.3 Å². The van der Waals surface area contributed by atoms with Crippen LogP contribution in [0.25, 0.3) is 4.96 Å². The van der Waals surface area contributed by atoms with E-state index in [-0.39, 0.29) is 0 Å². The summed E-state index contributed by atoms with van der Waals surface area (Å²) in [4.78, 5) is 5.84. The summed E-state index contributed by atoms with van der Waals surface area (Å²) in [6, 6.07) is 0. The number of nitrogens with zero attached hydrogens (tertiary/aromatic N) is 2. The Balaban J connectivity index is 2.03. The number of rotatable bonds is 3. The molecule has 0 bridgehead atoms. The molecule has 1 saturated heterocycles. The molecular formula is C14H21N3S. The topological polar surface area (TPSA) is 29.3 Å². The quantitative estimate of drug-likeness (QED) is 0.922. The molecule has 0 aliphatic carbocycles. The minimum Gasteiger partial charge on any atom is -0.311 e. The molecule has 0 radical (unpaired) electrons. The second-order valence-electron chi connectivity index (χ2n) is 5.48. The molecule has 0 aromatic carbocycles. The van der Waals surface area contributed by atoms with E-state index in [4.69, 9.17) is 4.98 Å². The maximum Gasteiger partial charge on any atom is 0.194 e. The number of aromatic nitrogens is 2. The Morgan fingerprint density at radius 2 is 2.33 bits per heavy atom. The Morgan fingerprint density at radius 1 is 1.50 bits per heavy atom. The SMILES string of the molecule is CCC1(Cc2c(C)nc3scc(C)n23)CCCN1. The number of imidazole rings is 1. The molecule has 2 aromatic heterocycles. The van der Waals surface area contributed by atoms with Gasteiger partial charge in [-0.15, -0.1) is 11.3 Å². The Labute approximate surface area is 112 Å². The lowest BCUT2D eigenvalue weighted by Crippen LogP contribution is -2.41. The van der Waals surface area contributed by atoms with E-state index < -0.39 is 0 Å². The zero-order valence-corrected chi connectivity index (χ0v) is 12.2. The van der Waals surface area contributed by atoms with Crippen molar-refractivity contribution in [2.45, 2.75) is 52.0 Å². The van der Waals surface area contributed by atoms with Crippen LogP contribution < -0.4 is 5.32 Å². The van der Waals surface area contributed by atoms with Crippen molar-refractivity contribution in [1.29, 1.82) is 0 Å². The molecule has 0 amide bonds. The molecule has 18 heavy (non-hydrogen) atoms. The fourth-order valence-corrected chi connectivity index (χ4v) is 4.07. The zero-order chi connectivity index (χ0) is 12.8. The van der Waals surface area contributed by atoms with Crippen LogP contribution in [0.5, 0.6) is 0 Å². The van der Waals surface area contributed by atoms with Gasteiger partial charge in [0.2, 0.25) is 0 Å². The largest absolute Gasteiger partial charge is 0.311 e. The molecular weight excluding hydrogens is 242 g/mol. The molecule has 1 aliphatic rings. The molecule has 3 nitrogen and oxygen atoms in total.